The van der Waals surface area contributed by atoms with Crippen LogP contribution in [0.2, 0.25) is 0 Å². The molecule has 206 valence electrons. The zero-order valence-corrected chi connectivity index (χ0v) is 20.7. The number of carbonyl (C=O) groups is 1. The van der Waals surface area contributed by atoms with Gasteiger partial charge in [0.1, 0.15) is 17.3 Å². The predicted octanol–water partition coefficient (Wildman–Crippen LogP) is 5.26. The first-order valence-corrected chi connectivity index (χ1v) is 11.5. The lowest BCUT2D eigenvalue weighted by atomic mass is 10.0. The Morgan fingerprint density at radius 2 is 1.73 bits per heavy atom. The molecule has 1 atom stereocenters. The number of aromatic nitrogens is 3. The quantitative estimate of drug-likeness (QED) is 0.187. The largest absolute Gasteiger partial charge is 0.495 e. The number of anilines is 1. The van der Waals surface area contributed by atoms with Crippen LogP contribution in [0.25, 0.3) is 22.4 Å². The molecule has 0 aliphatic rings. The van der Waals surface area contributed by atoms with Gasteiger partial charge in [-0.25, -0.2) is 14.2 Å². The maximum absolute atomic E-state index is 15.1. The van der Waals surface area contributed by atoms with Gasteiger partial charge in [0.15, 0.2) is 0 Å². The van der Waals surface area contributed by atoms with Crippen molar-refractivity contribution in [2.24, 2.45) is 0 Å². The lowest BCUT2D eigenvalue weighted by molar-refractivity contribution is -0.199. The summed E-state index contributed by atoms with van der Waals surface area (Å²) in [4.78, 5) is 22.6. The minimum atomic E-state index is -5.02. The van der Waals surface area contributed by atoms with Gasteiger partial charge in [-0.3, -0.25) is 10.4 Å². The summed E-state index contributed by atoms with van der Waals surface area (Å²) in [6.07, 6.45) is -5.00. The number of aliphatic carboxylic acids is 1. The molecule has 2 aromatic carbocycles. The van der Waals surface area contributed by atoms with Crippen molar-refractivity contribution in [3.8, 4) is 34.0 Å². The van der Waals surface area contributed by atoms with Crippen molar-refractivity contribution in [2.75, 3.05) is 12.8 Å². The van der Waals surface area contributed by atoms with Crippen molar-refractivity contribution in [3.63, 3.8) is 0 Å². The fourth-order valence-corrected chi connectivity index (χ4v) is 3.76. The highest BCUT2D eigenvalue weighted by molar-refractivity contribution is 6.34. The van der Waals surface area contributed by atoms with E-state index in [9.17, 15) is 18.0 Å². The standard InChI is InChI=1S/C27H21F4N5O4/c1-39-18-9-17(12-34-13-18)16-6-7-19(20(28)10-16)24(27(29,30)31)40-23-11-22(35-26(33)36-23)15-4-2-14(3-5-15)8-21(32)25(37)38/h2-7,9-13,24,32H,8H2,1H3,(H,37,38)(H2,33,35,36). The van der Waals surface area contributed by atoms with Crippen molar-refractivity contribution in [3.05, 3.63) is 83.9 Å². The van der Waals surface area contributed by atoms with Crippen LogP contribution in [0.5, 0.6) is 11.6 Å². The second-order valence-corrected chi connectivity index (χ2v) is 8.50. The zero-order chi connectivity index (χ0) is 29.0. The second-order valence-electron chi connectivity index (χ2n) is 8.50. The van der Waals surface area contributed by atoms with E-state index in [0.29, 0.717) is 22.4 Å². The van der Waals surface area contributed by atoms with E-state index in [2.05, 4.69) is 15.0 Å². The topological polar surface area (TPSA) is 144 Å². The SMILES string of the molecule is COc1cncc(-c2ccc(C(Oc3cc(-c4ccc(CC(=N)C(=O)O)cc4)nc(N)n3)C(F)(F)F)c(F)c2)c1. The van der Waals surface area contributed by atoms with Gasteiger partial charge in [-0.1, -0.05) is 36.4 Å². The van der Waals surface area contributed by atoms with Crippen molar-refractivity contribution >= 4 is 17.6 Å². The Labute approximate surface area is 224 Å². The second kappa shape index (κ2) is 11.4. The third-order valence-corrected chi connectivity index (χ3v) is 5.71. The van der Waals surface area contributed by atoms with Crippen LogP contribution in [-0.2, 0) is 11.2 Å². The summed E-state index contributed by atoms with van der Waals surface area (Å²) >= 11 is 0. The number of hydrogen-bond acceptors (Lipinski definition) is 8. The van der Waals surface area contributed by atoms with Gasteiger partial charge in [-0.15, -0.1) is 0 Å². The number of methoxy groups -OCH3 is 1. The fraction of sp³-hybridized carbons (Fsp3) is 0.148. The van der Waals surface area contributed by atoms with E-state index >= 15 is 4.39 Å². The zero-order valence-electron chi connectivity index (χ0n) is 20.7. The van der Waals surface area contributed by atoms with Crippen LogP contribution in [0, 0.1) is 11.2 Å². The highest BCUT2D eigenvalue weighted by Crippen LogP contribution is 2.39. The highest BCUT2D eigenvalue weighted by atomic mass is 19.4. The number of nitrogens with zero attached hydrogens (tertiary/aromatic N) is 3. The molecule has 4 aromatic rings. The molecule has 13 heteroatoms. The molecule has 2 aromatic heterocycles. The van der Waals surface area contributed by atoms with E-state index in [1.807, 2.05) is 0 Å². The van der Waals surface area contributed by atoms with Crippen molar-refractivity contribution in [1.29, 1.82) is 5.41 Å². The van der Waals surface area contributed by atoms with Crippen LogP contribution in [0.4, 0.5) is 23.5 Å². The van der Waals surface area contributed by atoms with E-state index in [-0.39, 0.29) is 23.6 Å². The normalized spacial score (nSPS) is 12.0. The minimum Gasteiger partial charge on any atom is -0.495 e. The van der Waals surface area contributed by atoms with Crippen LogP contribution < -0.4 is 15.2 Å². The van der Waals surface area contributed by atoms with Crippen molar-refractivity contribution in [1.82, 2.24) is 15.0 Å². The minimum absolute atomic E-state index is 0.115. The maximum Gasteiger partial charge on any atom is 0.429 e. The third kappa shape index (κ3) is 6.49. The molecule has 0 saturated heterocycles. The molecule has 0 bridgehead atoms. The van der Waals surface area contributed by atoms with Gasteiger partial charge >= 0.3 is 12.1 Å². The number of nitrogens with two attached hydrogens (primary N) is 1. The average Bonchev–Trinajstić information content (AvgIpc) is 2.91. The summed E-state index contributed by atoms with van der Waals surface area (Å²) in [6.45, 7) is 0. The molecular formula is C27H21F4N5O4. The first-order valence-electron chi connectivity index (χ1n) is 11.5. The molecule has 0 radical (unpaired) electrons. The van der Waals surface area contributed by atoms with Crippen LogP contribution >= 0.6 is 0 Å². The van der Waals surface area contributed by atoms with Gasteiger partial charge in [0, 0.05) is 35.4 Å². The molecule has 4 rings (SSSR count). The number of pyridine rings is 1. The van der Waals surface area contributed by atoms with E-state index < -0.39 is 41.2 Å². The Morgan fingerprint density at radius 3 is 2.35 bits per heavy atom. The molecule has 2 heterocycles. The van der Waals surface area contributed by atoms with E-state index in [4.69, 9.17) is 25.7 Å². The van der Waals surface area contributed by atoms with E-state index in [0.717, 1.165) is 18.2 Å². The molecule has 0 aliphatic heterocycles. The summed E-state index contributed by atoms with van der Waals surface area (Å²) in [7, 11) is 1.42. The summed E-state index contributed by atoms with van der Waals surface area (Å²) < 4.78 is 67.5. The van der Waals surface area contributed by atoms with Gasteiger partial charge in [-0.05, 0) is 23.3 Å². The molecule has 40 heavy (non-hydrogen) atoms. The van der Waals surface area contributed by atoms with Crippen LogP contribution in [0.3, 0.4) is 0 Å². The summed E-state index contributed by atoms with van der Waals surface area (Å²) in [5, 5.41) is 16.3. The summed E-state index contributed by atoms with van der Waals surface area (Å²) in [5.41, 5.74) is 6.22. The summed E-state index contributed by atoms with van der Waals surface area (Å²) in [5.74, 6) is -3.04. The number of carboxylic acid groups (broad SMARTS) is 1. The molecule has 0 saturated carbocycles. The Kier molecular flexibility index (Phi) is 7.93. The number of hydrogen-bond donors (Lipinski definition) is 3. The number of benzene rings is 2. The van der Waals surface area contributed by atoms with Gasteiger partial charge in [0.25, 0.3) is 0 Å². The van der Waals surface area contributed by atoms with E-state index in [1.54, 1.807) is 18.2 Å². The van der Waals surface area contributed by atoms with Gasteiger partial charge in [-0.2, -0.15) is 18.2 Å². The van der Waals surface area contributed by atoms with Crippen LogP contribution in [0.15, 0.2) is 67.0 Å². The number of ether oxygens (including phenoxy) is 2. The monoisotopic (exact) mass is 555 g/mol. The van der Waals surface area contributed by atoms with Gasteiger partial charge < -0.3 is 20.3 Å². The van der Waals surface area contributed by atoms with Crippen LogP contribution in [-0.4, -0.2) is 45.0 Å². The number of nitrogens with one attached hydrogen (secondary N) is 1. The average molecular weight is 555 g/mol. The Balaban J connectivity index is 1.63. The number of rotatable bonds is 9. The maximum atomic E-state index is 15.1. The molecular weight excluding hydrogens is 534 g/mol. The third-order valence-electron chi connectivity index (χ3n) is 5.71. The molecule has 0 amide bonds. The molecule has 0 fully saturated rings. The Hall–Kier alpha value is -5.07. The molecule has 1 unspecified atom stereocenters. The summed E-state index contributed by atoms with van der Waals surface area (Å²) in [6, 6.07) is 12.1. The number of carboxylic acids is 1. The Morgan fingerprint density at radius 1 is 1.02 bits per heavy atom. The fourth-order valence-electron chi connectivity index (χ4n) is 3.76. The molecule has 9 nitrogen and oxygen atoms in total. The van der Waals surface area contributed by atoms with Crippen molar-refractivity contribution < 1.29 is 36.9 Å². The number of nitrogen functional groups attached to an aromatic ring is 1. The van der Waals surface area contributed by atoms with Crippen LogP contribution in [0.1, 0.15) is 17.2 Å². The lowest BCUT2D eigenvalue weighted by Gasteiger charge is -2.22. The Bertz CT molecular complexity index is 1560. The predicted molar refractivity (Wildman–Crippen MR) is 137 cm³/mol. The molecule has 0 spiro atoms. The van der Waals surface area contributed by atoms with Crippen molar-refractivity contribution in [2.45, 2.75) is 18.7 Å². The molecule has 4 N–H and O–H groups in total. The first-order chi connectivity index (χ1) is 18.9. The number of alkyl halides is 3. The van der Waals surface area contributed by atoms with E-state index in [1.165, 1.54) is 37.7 Å². The first kappa shape index (κ1) is 28.0. The highest BCUT2D eigenvalue weighted by Gasteiger charge is 2.45. The lowest BCUT2D eigenvalue weighted by Crippen LogP contribution is -2.27. The van der Waals surface area contributed by atoms with Gasteiger partial charge in [0.05, 0.1) is 19.0 Å². The van der Waals surface area contributed by atoms with Gasteiger partial charge in [0.2, 0.25) is 17.9 Å². The number of halogens is 4. The molecule has 0 aliphatic carbocycles. The smallest absolute Gasteiger partial charge is 0.429 e.